The molecule has 1 aromatic carbocycles. The number of rotatable bonds is 9. The van der Waals surface area contributed by atoms with Gasteiger partial charge in [-0.1, -0.05) is 30.3 Å². The molecule has 0 spiro atoms. The lowest BCUT2D eigenvalue weighted by Crippen LogP contribution is -2.40. The molecule has 22 heavy (non-hydrogen) atoms. The van der Waals surface area contributed by atoms with E-state index in [9.17, 15) is 0 Å². The zero-order chi connectivity index (χ0) is 16.2. The van der Waals surface area contributed by atoms with Crippen molar-refractivity contribution in [1.82, 2.24) is 15.5 Å². The molecule has 1 atom stereocenters. The van der Waals surface area contributed by atoms with E-state index in [1.165, 1.54) is 5.56 Å². The molecule has 0 aromatic heterocycles. The Morgan fingerprint density at radius 1 is 1.27 bits per heavy atom. The minimum atomic E-state index is 0.399. The van der Waals surface area contributed by atoms with Gasteiger partial charge in [0.25, 0.3) is 0 Å². The van der Waals surface area contributed by atoms with E-state index in [2.05, 4.69) is 73.0 Å². The molecule has 1 aromatic rings. The summed E-state index contributed by atoms with van der Waals surface area (Å²) >= 11 is 1.84. The van der Waals surface area contributed by atoms with Crippen molar-refractivity contribution in [2.24, 2.45) is 4.99 Å². The van der Waals surface area contributed by atoms with E-state index < -0.39 is 0 Å². The molecule has 5 heteroatoms. The summed E-state index contributed by atoms with van der Waals surface area (Å²) in [4.78, 5) is 7.03. The van der Waals surface area contributed by atoms with Crippen LogP contribution in [0.5, 0.6) is 0 Å². The van der Waals surface area contributed by atoms with Crippen molar-refractivity contribution in [3.63, 3.8) is 0 Å². The number of likely N-dealkylation sites (N-methyl/N-ethyl adjacent to an activating group) is 1. The molecule has 2 N–H and O–H groups in total. The summed E-state index contributed by atoms with van der Waals surface area (Å²) in [7, 11) is 2.15. The quantitative estimate of drug-likeness (QED) is 0.416. The molecule has 4 nitrogen and oxygen atoms in total. The van der Waals surface area contributed by atoms with E-state index in [1.54, 1.807) is 0 Å². The van der Waals surface area contributed by atoms with Crippen LogP contribution in [0.4, 0.5) is 0 Å². The maximum atomic E-state index is 4.69. The molecule has 0 aliphatic heterocycles. The fourth-order valence-electron chi connectivity index (χ4n) is 2.00. The molecule has 0 aliphatic carbocycles. The van der Waals surface area contributed by atoms with Crippen LogP contribution in [-0.2, 0) is 6.54 Å². The molecule has 0 heterocycles. The van der Waals surface area contributed by atoms with Crippen LogP contribution in [0.2, 0.25) is 0 Å². The summed E-state index contributed by atoms with van der Waals surface area (Å²) in [6.07, 6.45) is 2.12. The highest BCUT2D eigenvalue weighted by Crippen LogP contribution is 2.06. The lowest BCUT2D eigenvalue weighted by atomic mass is 10.2. The molecular formula is C17H30N4S. The predicted octanol–water partition coefficient (Wildman–Crippen LogP) is 2.42. The number of nitrogens with zero attached hydrogens (tertiary/aromatic N) is 2. The van der Waals surface area contributed by atoms with Crippen molar-refractivity contribution in [3.8, 4) is 0 Å². The monoisotopic (exact) mass is 322 g/mol. The van der Waals surface area contributed by atoms with Gasteiger partial charge in [-0.25, -0.2) is 0 Å². The third-order valence-electron chi connectivity index (χ3n) is 3.48. The number of aliphatic imine (C=N–C) groups is 1. The van der Waals surface area contributed by atoms with Gasteiger partial charge in [0.1, 0.15) is 0 Å². The zero-order valence-corrected chi connectivity index (χ0v) is 15.1. The minimum absolute atomic E-state index is 0.399. The smallest absolute Gasteiger partial charge is 0.191 e. The first-order chi connectivity index (χ1) is 10.7. The molecule has 0 saturated heterocycles. The SMILES string of the molecule is CCNC(=NCC(C)N(C)Cc1ccccc1)NCCSC. The highest BCUT2D eigenvalue weighted by Gasteiger charge is 2.09. The Balaban J connectivity index is 2.45. The van der Waals surface area contributed by atoms with Gasteiger partial charge in [-0.05, 0) is 32.7 Å². The molecule has 1 unspecified atom stereocenters. The van der Waals surface area contributed by atoms with Crippen molar-refractivity contribution < 1.29 is 0 Å². The number of hydrogen-bond donors (Lipinski definition) is 2. The van der Waals surface area contributed by atoms with Gasteiger partial charge in [0, 0.05) is 31.4 Å². The third-order valence-corrected chi connectivity index (χ3v) is 4.10. The van der Waals surface area contributed by atoms with E-state index in [1.807, 2.05) is 11.8 Å². The molecule has 0 radical (unpaired) electrons. The van der Waals surface area contributed by atoms with E-state index >= 15 is 0 Å². The molecule has 0 saturated carbocycles. The fraction of sp³-hybridized carbons (Fsp3) is 0.588. The molecule has 0 amide bonds. The first-order valence-electron chi connectivity index (χ1n) is 7.92. The van der Waals surface area contributed by atoms with Gasteiger partial charge in [-0.3, -0.25) is 9.89 Å². The number of benzene rings is 1. The van der Waals surface area contributed by atoms with Crippen LogP contribution in [0.1, 0.15) is 19.4 Å². The standard InChI is InChI=1S/C17H30N4S/c1-5-18-17(19-11-12-22-4)20-13-15(2)21(3)14-16-9-7-6-8-10-16/h6-10,15H,5,11-14H2,1-4H3,(H2,18,19,20). The van der Waals surface area contributed by atoms with Gasteiger partial charge in [-0.2, -0.15) is 11.8 Å². The van der Waals surface area contributed by atoms with Crippen molar-refractivity contribution in [2.75, 3.05) is 38.7 Å². The summed E-state index contributed by atoms with van der Waals surface area (Å²) in [5, 5.41) is 6.66. The van der Waals surface area contributed by atoms with Crippen molar-refractivity contribution >= 4 is 17.7 Å². The Morgan fingerprint density at radius 3 is 2.64 bits per heavy atom. The second kappa shape index (κ2) is 11.4. The molecule has 0 bridgehead atoms. The Hall–Kier alpha value is -1.20. The number of thioether (sulfide) groups is 1. The summed E-state index contributed by atoms with van der Waals surface area (Å²) in [6.45, 7) is 7.89. The molecule has 124 valence electrons. The fourth-order valence-corrected chi connectivity index (χ4v) is 2.31. The van der Waals surface area contributed by atoms with Crippen LogP contribution in [0.15, 0.2) is 35.3 Å². The zero-order valence-electron chi connectivity index (χ0n) is 14.3. The maximum Gasteiger partial charge on any atom is 0.191 e. The molecular weight excluding hydrogens is 292 g/mol. The highest BCUT2D eigenvalue weighted by atomic mass is 32.2. The van der Waals surface area contributed by atoms with Crippen LogP contribution in [-0.4, -0.2) is 55.6 Å². The van der Waals surface area contributed by atoms with Crippen LogP contribution in [0, 0.1) is 0 Å². The van der Waals surface area contributed by atoms with Crippen LogP contribution >= 0.6 is 11.8 Å². The van der Waals surface area contributed by atoms with Crippen LogP contribution in [0.25, 0.3) is 0 Å². The van der Waals surface area contributed by atoms with Gasteiger partial charge in [-0.15, -0.1) is 0 Å². The van der Waals surface area contributed by atoms with E-state index in [0.29, 0.717) is 6.04 Å². The summed E-state index contributed by atoms with van der Waals surface area (Å²) in [5.74, 6) is 2.00. The van der Waals surface area contributed by atoms with Gasteiger partial charge in [0.2, 0.25) is 0 Å². The number of hydrogen-bond acceptors (Lipinski definition) is 3. The molecule has 0 fully saturated rings. The average molecular weight is 323 g/mol. The summed E-state index contributed by atoms with van der Waals surface area (Å²) < 4.78 is 0. The minimum Gasteiger partial charge on any atom is -0.357 e. The topological polar surface area (TPSA) is 39.7 Å². The lowest BCUT2D eigenvalue weighted by Gasteiger charge is -2.23. The second-order valence-electron chi connectivity index (χ2n) is 5.39. The third kappa shape index (κ3) is 7.71. The highest BCUT2D eigenvalue weighted by molar-refractivity contribution is 7.98. The summed E-state index contributed by atoms with van der Waals surface area (Å²) in [5.41, 5.74) is 1.34. The largest absolute Gasteiger partial charge is 0.357 e. The first kappa shape index (κ1) is 18.8. The maximum absolute atomic E-state index is 4.69. The Bertz CT molecular complexity index is 422. The molecule has 0 aliphatic rings. The van der Waals surface area contributed by atoms with E-state index in [-0.39, 0.29) is 0 Å². The van der Waals surface area contributed by atoms with Gasteiger partial charge < -0.3 is 10.6 Å². The Labute approximate surface area is 139 Å². The van der Waals surface area contributed by atoms with Crippen molar-refractivity contribution in [3.05, 3.63) is 35.9 Å². The predicted molar refractivity (Wildman–Crippen MR) is 99.7 cm³/mol. The number of nitrogens with one attached hydrogen (secondary N) is 2. The van der Waals surface area contributed by atoms with Gasteiger partial charge >= 0.3 is 0 Å². The van der Waals surface area contributed by atoms with Crippen LogP contribution in [0.3, 0.4) is 0 Å². The Morgan fingerprint density at radius 2 is 2.00 bits per heavy atom. The summed E-state index contributed by atoms with van der Waals surface area (Å²) in [6, 6.07) is 11.0. The lowest BCUT2D eigenvalue weighted by molar-refractivity contribution is 0.255. The van der Waals surface area contributed by atoms with Crippen molar-refractivity contribution in [1.29, 1.82) is 0 Å². The van der Waals surface area contributed by atoms with E-state index in [0.717, 1.165) is 37.9 Å². The first-order valence-corrected chi connectivity index (χ1v) is 9.32. The number of guanidine groups is 1. The van der Waals surface area contributed by atoms with Gasteiger partial charge in [0.15, 0.2) is 5.96 Å². The van der Waals surface area contributed by atoms with Gasteiger partial charge in [0.05, 0.1) is 6.54 Å². The normalized spacial score (nSPS) is 13.2. The van der Waals surface area contributed by atoms with Crippen molar-refractivity contribution in [2.45, 2.75) is 26.4 Å². The van der Waals surface area contributed by atoms with E-state index in [4.69, 9.17) is 4.99 Å². The second-order valence-corrected chi connectivity index (χ2v) is 6.37. The average Bonchev–Trinajstić information content (AvgIpc) is 2.53. The Kier molecular flexibility index (Phi) is 9.75. The van der Waals surface area contributed by atoms with Crippen LogP contribution < -0.4 is 10.6 Å². The molecule has 1 rings (SSSR count).